The van der Waals surface area contributed by atoms with Crippen LogP contribution in [0.3, 0.4) is 0 Å². The van der Waals surface area contributed by atoms with E-state index in [-0.39, 0.29) is 0 Å². The number of nitrogens with one attached hydrogen (secondary N) is 1. The Bertz CT molecular complexity index is 222. The molecule has 11 heavy (non-hydrogen) atoms. The van der Waals surface area contributed by atoms with Crippen LogP contribution in [0.4, 0.5) is 0 Å². The molecule has 0 aliphatic carbocycles. The quantitative estimate of drug-likeness (QED) is 0.807. The van der Waals surface area contributed by atoms with Gasteiger partial charge in [-0.15, -0.1) is 0 Å². The Hall–Kier alpha value is 0.100. The molecule has 2 nitrogen and oxygen atoms in total. The van der Waals surface area contributed by atoms with E-state index in [4.69, 9.17) is 0 Å². The monoisotopic (exact) mass is 234 g/mol. The average Bonchev–Trinajstić information content (AvgIpc) is 2.31. The van der Waals surface area contributed by atoms with Crippen LogP contribution >= 0.6 is 27.3 Å². The second-order valence-electron chi connectivity index (χ2n) is 2.47. The fourth-order valence-electron chi connectivity index (χ4n) is 0.677. The van der Waals surface area contributed by atoms with E-state index in [0.717, 1.165) is 6.54 Å². The van der Waals surface area contributed by atoms with Gasteiger partial charge in [0.1, 0.15) is 0 Å². The first kappa shape index (κ1) is 9.19. The van der Waals surface area contributed by atoms with Gasteiger partial charge < -0.3 is 0 Å². The van der Waals surface area contributed by atoms with Crippen LogP contribution in [0.5, 0.6) is 0 Å². The molecule has 0 fully saturated rings. The van der Waals surface area contributed by atoms with Crippen LogP contribution in [0.2, 0.25) is 0 Å². The van der Waals surface area contributed by atoms with Crippen molar-refractivity contribution >= 4 is 27.3 Å². The van der Waals surface area contributed by atoms with Gasteiger partial charge in [0.25, 0.3) is 0 Å². The first-order chi connectivity index (χ1) is 5.20. The topological polar surface area (TPSA) is 15.3 Å². The van der Waals surface area contributed by atoms with E-state index >= 15 is 0 Å². The molecule has 0 spiro atoms. The maximum absolute atomic E-state index is 3.47. The van der Waals surface area contributed by atoms with E-state index in [1.807, 2.05) is 19.1 Å². The molecule has 1 N–H and O–H groups in total. The van der Waals surface area contributed by atoms with E-state index in [9.17, 15) is 0 Å². The van der Waals surface area contributed by atoms with Gasteiger partial charge in [-0.2, -0.15) is 11.3 Å². The number of halogens is 1. The standard InChI is InChI=1S/C7H11BrN2S/c1-10(2)9-3-6-4-11-5-7(6)8/h4-5,9H,3H2,1-2H3. The number of hydrazine groups is 1. The molecule has 0 bridgehead atoms. The highest BCUT2D eigenvalue weighted by Crippen LogP contribution is 2.20. The summed E-state index contributed by atoms with van der Waals surface area (Å²) in [4.78, 5) is 0. The zero-order chi connectivity index (χ0) is 8.27. The summed E-state index contributed by atoms with van der Waals surface area (Å²) in [5.41, 5.74) is 4.51. The Kier molecular flexibility index (Phi) is 3.51. The summed E-state index contributed by atoms with van der Waals surface area (Å²) in [6.45, 7) is 0.886. The molecule has 0 atom stereocenters. The molecule has 0 saturated carbocycles. The van der Waals surface area contributed by atoms with Gasteiger partial charge in [0.05, 0.1) is 0 Å². The minimum atomic E-state index is 0.886. The lowest BCUT2D eigenvalue weighted by molar-refractivity contribution is 0.286. The molecule has 0 saturated heterocycles. The van der Waals surface area contributed by atoms with Crippen molar-refractivity contribution in [2.24, 2.45) is 0 Å². The predicted molar refractivity (Wildman–Crippen MR) is 52.5 cm³/mol. The van der Waals surface area contributed by atoms with Crippen LogP contribution in [-0.4, -0.2) is 19.1 Å². The second kappa shape index (κ2) is 4.21. The lowest BCUT2D eigenvalue weighted by Gasteiger charge is -2.10. The van der Waals surface area contributed by atoms with Gasteiger partial charge in [-0.3, -0.25) is 10.4 Å². The molecule has 0 unspecified atom stereocenters. The third-order valence-corrected chi connectivity index (χ3v) is 3.11. The number of rotatable bonds is 3. The smallest absolute Gasteiger partial charge is 0.0372 e. The summed E-state index contributed by atoms with van der Waals surface area (Å²) in [5.74, 6) is 0. The Balaban J connectivity index is 2.44. The summed E-state index contributed by atoms with van der Waals surface area (Å²) in [7, 11) is 3.97. The third-order valence-electron chi connectivity index (χ3n) is 1.27. The Labute approximate surface area is 79.3 Å². The third kappa shape index (κ3) is 2.91. The summed E-state index contributed by atoms with van der Waals surface area (Å²) >= 11 is 5.18. The molecule has 4 heteroatoms. The van der Waals surface area contributed by atoms with Gasteiger partial charge in [0, 0.05) is 30.5 Å². The Morgan fingerprint density at radius 3 is 2.73 bits per heavy atom. The molecule has 0 aliphatic heterocycles. The maximum Gasteiger partial charge on any atom is 0.0372 e. The normalized spacial score (nSPS) is 10.9. The highest BCUT2D eigenvalue weighted by Gasteiger charge is 1.99. The number of nitrogens with zero attached hydrogens (tertiary/aromatic N) is 1. The first-order valence-corrected chi connectivity index (χ1v) is 5.05. The molecule has 1 aromatic heterocycles. The first-order valence-electron chi connectivity index (χ1n) is 3.31. The molecular formula is C7H11BrN2S. The van der Waals surface area contributed by atoms with Crippen LogP contribution in [-0.2, 0) is 6.54 Å². The van der Waals surface area contributed by atoms with Crippen molar-refractivity contribution in [3.63, 3.8) is 0 Å². The molecule has 1 heterocycles. The van der Waals surface area contributed by atoms with Gasteiger partial charge in [-0.25, -0.2) is 0 Å². The highest BCUT2D eigenvalue weighted by molar-refractivity contribution is 9.10. The van der Waals surface area contributed by atoms with Crippen LogP contribution < -0.4 is 5.43 Å². The van der Waals surface area contributed by atoms with Gasteiger partial charge in [-0.05, 0) is 26.9 Å². The van der Waals surface area contributed by atoms with E-state index in [1.54, 1.807) is 11.3 Å². The van der Waals surface area contributed by atoms with Crippen molar-refractivity contribution < 1.29 is 0 Å². The summed E-state index contributed by atoms with van der Waals surface area (Å²) in [6.07, 6.45) is 0. The summed E-state index contributed by atoms with van der Waals surface area (Å²) in [5, 5.41) is 6.18. The number of hydrogen-bond donors (Lipinski definition) is 1. The van der Waals surface area contributed by atoms with Gasteiger partial charge in [0.2, 0.25) is 0 Å². The van der Waals surface area contributed by atoms with Crippen LogP contribution in [0.25, 0.3) is 0 Å². The maximum atomic E-state index is 3.47. The fraction of sp³-hybridized carbons (Fsp3) is 0.429. The predicted octanol–water partition coefficient (Wildman–Crippen LogP) is 2.08. The molecule has 1 rings (SSSR count). The fourth-order valence-corrected chi connectivity index (χ4v) is 2.12. The SMILES string of the molecule is CN(C)NCc1cscc1Br. The molecule has 0 radical (unpaired) electrons. The molecule has 1 aromatic rings. The summed E-state index contributed by atoms with van der Waals surface area (Å²) in [6, 6.07) is 0. The van der Waals surface area contributed by atoms with Gasteiger partial charge >= 0.3 is 0 Å². The molecule has 0 aromatic carbocycles. The molecule has 0 aliphatic rings. The minimum absolute atomic E-state index is 0.886. The Morgan fingerprint density at radius 1 is 1.55 bits per heavy atom. The zero-order valence-electron chi connectivity index (χ0n) is 6.60. The van der Waals surface area contributed by atoms with Crippen LogP contribution in [0, 0.1) is 0 Å². The van der Waals surface area contributed by atoms with Crippen LogP contribution in [0.1, 0.15) is 5.56 Å². The van der Waals surface area contributed by atoms with Crippen molar-refractivity contribution in [3.05, 3.63) is 20.8 Å². The van der Waals surface area contributed by atoms with E-state index in [0.29, 0.717) is 0 Å². The van der Waals surface area contributed by atoms with E-state index < -0.39 is 0 Å². The largest absolute Gasteiger partial charge is 0.251 e. The second-order valence-corrected chi connectivity index (χ2v) is 4.07. The average molecular weight is 235 g/mol. The van der Waals surface area contributed by atoms with Crippen molar-refractivity contribution in [3.8, 4) is 0 Å². The zero-order valence-corrected chi connectivity index (χ0v) is 9.00. The Morgan fingerprint density at radius 2 is 2.27 bits per heavy atom. The highest BCUT2D eigenvalue weighted by atomic mass is 79.9. The number of thiophene rings is 1. The molecule has 62 valence electrons. The molecular weight excluding hydrogens is 224 g/mol. The van der Waals surface area contributed by atoms with Crippen LogP contribution in [0.15, 0.2) is 15.2 Å². The number of hydrogen-bond acceptors (Lipinski definition) is 3. The van der Waals surface area contributed by atoms with Crippen molar-refractivity contribution in [1.82, 2.24) is 10.4 Å². The van der Waals surface area contributed by atoms with Gasteiger partial charge in [0.15, 0.2) is 0 Å². The molecule has 0 amide bonds. The van der Waals surface area contributed by atoms with Crippen molar-refractivity contribution in [2.45, 2.75) is 6.54 Å². The summed E-state index contributed by atoms with van der Waals surface area (Å²) < 4.78 is 1.19. The van der Waals surface area contributed by atoms with E-state index in [2.05, 4.69) is 32.1 Å². The lowest BCUT2D eigenvalue weighted by Crippen LogP contribution is -2.29. The minimum Gasteiger partial charge on any atom is -0.251 e. The van der Waals surface area contributed by atoms with Crippen molar-refractivity contribution in [1.29, 1.82) is 0 Å². The lowest BCUT2D eigenvalue weighted by atomic mass is 10.3. The van der Waals surface area contributed by atoms with E-state index in [1.165, 1.54) is 10.0 Å². The van der Waals surface area contributed by atoms with Crippen molar-refractivity contribution in [2.75, 3.05) is 14.1 Å². The van der Waals surface area contributed by atoms with Gasteiger partial charge in [-0.1, -0.05) is 0 Å².